The van der Waals surface area contributed by atoms with Crippen LogP contribution >= 0.6 is 23.2 Å². The second kappa shape index (κ2) is 19.7. The van der Waals surface area contributed by atoms with Crippen LogP contribution in [0.1, 0.15) is 69.6 Å². The number of aromatic nitrogens is 4. The van der Waals surface area contributed by atoms with Gasteiger partial charge in [0.25, 0.3) is 0 Å². The second-order valence-electron chi connectivity index (χ2n) is 15.4. The van der Waals surface area contributed by atoms with E-state index in [0.29, 0.717) is 61.3 Å². The predicted molar refractivity (Wildman–Crippen MR) is 236 cm³/mol. The normalized spacial score (nSPS) is 13.1. The van der Waals surface area contributed by atoms with Gasteiger partial charge in [-0.15, -0.1) is 20.4 Å². The van der Waals surface area contributed by atoms with E-state index >= 15 is 0 Å². The molecular weight excluding hydrogens is 832 g/mol. The monoisotopic (exact) mass is 872 g/mol. The number of aliphatic hydroxyl groups is 1. The van der Waals surface area contributed by atoms with Crippen molar-refractivity contribution in [3.8, 4) is 35.0 Å². The molecule has 0 spiro atoms. The van der Waals surface area contributed by atoms with Gasteiger partial charge in [0.05, 0.1) is 48.6 Å². The summed E-state index contributed by atoms with van der Waals surface area (Å²) in [5.74, 6) is 1.21. The molecule has 0 amide bonds. The van der Waals surface area contributed by atoms with E-state index < -0.39 is 26.5 Å². The summed E-state index contributed by atoms with van der Waals surface area (Å²) in [6.07, 6.45) is -1.13. The standard InChI is InChI=1S/C25H28ClN5O2Si.C19H14ClN5O2/c1-16(33-34(6,7)25(2,3)4)22(29-19-12-13-21(28-5)20(26)14-19)24-31-30-23(32-24)18-10-8-17(15-27)9-11-18;1-11(26)17(23-14-7-8-16(22-2)15(20)9-14)19-25-24-18(27-19)13-5-3-12(10-21)4-6-13/h8-14,16,22,29H,1-4,6-7H3;3-9,11,17,23,26H,1H3/t16?,22-;11-,17-/m11/s1. The Morgan fingerprint density at radius 2 is 1.11 bits per heavy atom. The number of anilines is 2. The summed E-state index contributed by atoms with van der Waals surface area (Å²) in [7, 11) is -2.10. The largest absolute Gasteiger partial charge is 0.418 e. The molecule has 6 rings (SSSR count). The van der Waals surface area contributed by atoms with Gasteiger partial charge in [-0.3, -0.25) is 0 Å². The molecule has 2 heterocycles. The van der Waals surface area contributed by atoms with Gasteiger partial charge >= 0.3 is 0 Å². The van der Waals surface area contributed by atoms with E-state index in [1.54, 1.807) is 91.9 Å². The van der Waals surface area contributed by atoms with Crippen LogP contribution in [0.5, 0.6) is 0 Å². The summed E-state index contributed by atoms with van der Waals surface area (Å²) in [6, 6.07) is 26.8. The molecule has 6 aromatic rings. The van der Waals surface area contributed by atoms with E-state index in [0.717, 1.165) is 5.56 Å². The topological polar surface area (TPSA) is 188 Å². The number of nitriles is 2. The smallest absolute Gasteiger partial charge is 0.247 e. The van der Waals surface area contributed by atoms with Gasteiger partial charge < -0.3 is 29.0 Å². The molecule has 0 saturated heterocycles. The van der Waals surface area contributed by atoms with Crippen molar-refractivity contribution in [3.63, 3.8) is 0 Å². The average molecular weight is 874 g/mol. The Labute approximate surface area is 365 Å². The lowest BCUT2D eigenvalue weighted by atomic mass is 10.1. The highest BCUT2D eigenvalue weighted by Gasteiger charge is 2.41. The van der Waals surface area contributed by atoms with Crippen molar-refractivity contribution in [2.24, 2.45) is 0 Å². The Balaban J connectivity index is 0.000000237. The highest BCUT2D eigenvalue weighted by molar-refractivity contribution is 6.74. The van der Waals surface area contributed by atoms with E-state index in [4.69, 9.17) is 60.1 Å². The average Bonchev–Trinajstić information content (AvgIpc) is 3.93. The highest BCUT2D eigenvalue weighted by Crippen LogP contribution is 2.40. The molecule has 61 heavy (non-hydrogen) atoms. The molecule has 2 aromatic heterocycles. The fraction of sp³-hybridized carbons (Fsp3) is 0.273. The van der Waals surface area contributed by atoms with Gasteiger partial charge in [0.15, 0.2) is 8.32 Å². The number of halogens is 2. The first-order valence-electron chi connectivity index (χ1n) is 18.9. The van der Waals surface area contributed by atoms with Crippen molar-refractivity contribution < 1.29 is 18.4 Å². The number of aliphatic hydroxyl groups excluding tert-OH is 1. The van der Waals surface area contributed by atoms with Crippen molar-refractivity contribution in [3.05, 3.63) is 141 Å². The van der Waals surface area contributed by atoms with Gasteiger partial charge in [-0.2, -0.15) is 10.5 Å². The van der Waals surface area contributed by atoms with Gasteiger partial charge in [-0.05, 0) is 105 Å². The molecule has 14 nitrogen and oxygen atoms in total. The Morgan fingerprint density at radius 3 is 1.48 bits per heavy atom. The molecular formula is C44H42Cl2N10O4Si. The maximum Gasteiger partial charge on any atom is 0.247 e. The van der Waals surface area contributed by atoms with Crippen molar-refractivity contribution in [1.82, 2.24) is 20.4 Å². The zero-order chi connectivity index (χ0) is 44.5. The minimum atomic E-state index is -2.10. The van der Waals surface area contributed by atoms with Gasteiger partial charge in [0.1, 0.15) is 12.1 Å². The third kappa shape index (κ3) is 11.4. The maximum atomic E-state index is 10.1. The Bertz CT molecular complexity index is 2630. The zero-order valence-corrected chi connectivity index (χ0v) is 36.9. The Kier molecular flexibility index (Phi) is 14.7. The van der Waals surface area contributed by atoms with Crippen LogP contribution in [0.3, 0.4) is 0 Å². The van der Waals surface area contributed by atoms with Crippen molar-refractivity contribution >= 4 is 54.3 Å². The Hall–Kier alpha value is -6.56. The lowest BCUT2D eigenvalue weighted by Gasteiger charge is -2.40. The quantitative estimate of drug-likeness (QED) is 0.0781. The molecule has 0 fully saturated rings. The summed E-state index contributed by atoms with van der Waals surface area (Å²) < 4.78 is 18.4. The molecule has 0 aliphatic rings. The summed E-state index contributed by atoms with van der Waals surface area (Å²) >= 11 is 12.3. The molecule has 0 aliphatic carbocycles. The minimum Gasteiger partial charge on any atom is -0.418 e. The molecule has 4 atom stereocenters. The zero-order valence-electron chi connectivity index (χ0n) is 34.4. The van der Waals surface area contributed by atoms with Gasteiger partial charge in [-0.25, -0.2) is 9.69 Å². The molecule has 17 heteroatoms. The SMILES string of the molecule is [C-]#[N+]c1ccc(N[C@@H](c2nnc(-c3ccc(C#N)cc3)o2)C(C)O[Si](C)(C)C(C)(C)C)cc1Cl.[C-]#[N+]c1ccc(N[C@@H](c2nnc(-c3ccc(C#N)cc3)o2)[C@@H](C)O)cc1Cl. The third-order valence-electron chi connectivity index (χ3n) is 9.95. The molecule has 4 aromatic carbocycles. The van der Waals surface area contributed by atoms with Crippen LogP contribution in [0.2, 0.25) is 28.2 Å². The lowest BCUT2D eigenvalue weighted by molar-refractivity contribution is 0.159. The fourth-order valence-corrected chi connectivity index (χ4v) is 7.41. The van der Waals surface area contributed by atoms with Crippen LogP contribution in [-0.2, 0) is 4.43 Å². The number of nitrogens with one attached hydrogen (secondary N) is 2. The minimum absolute atomic E-state index is 0.0227. The second-order valence-corrected chi connectivity index (χ2v) is 21.0. The van der Waals surface area contributed by atoms with E-state index in [9.17, 15) is 5.11 Å². The van der Waals surface area contributed by atoms with Crippen molar-refractivity contribution in [2.45, 2.75) is 77.0 Å². The van der Waals surface area contributed by atoms with Crippen molar-refractivity contribution in [1.29, 1.82) is 10.5 Å². The fourth-order valence-electron chi connectivity index (χ4n) is 5.54. The van der Waals surface area contributed by atoms with Crippen LogP contribution in [0.25, 0.3) is 32.6 Å². The number of hydrogen-bond acceptors (Lipinski definition) is 12. The Morgan fingerprint density at radius 1 is 0.705 bits per heavy atom. The first-order chi connectivity index (χ1) is 29.0. The maximum absolute atomic E-state index is 10.1. The summed E-state index contributed by atoms with van der Waals surface area (Å²) in [5, 5.41) is 51.8. The molecule has 0 saturated carbocycles. The molecule has 0 aliphatic heterocycles. The number of benzene rings is 4. The molecule has 0 radical (unpaired) electrons. The van der Waals surface area contributed by atoms with Gasteiger partial charge in [0, 0.05) is 32.5 Å². The molecule has 3 N–H and O–H groups in total. The highest BCUT2D eigenvalue weighted by atomic mass is 35.5. The van der Waals surface area contributed by atoms with E-state index in [2.05, 4.69) is 80.7 Å². The van der Waals surface area contributed by atoms with Crippen LogP contribution < -0.4 is 10.6 Å². The summed E-state index contributed by atoms with van der Waals surface area (Å²) in [6.45, 7) is 28.8. The van der Waals surface area contributed by atoms with Crippen LogP contribution in [0.15, 0.2) is 93.8 Å². The van der Waals surface area contributed by atoms with Crippen LogP contribution in [-0.4, -0.2) is 46.0 Å². The van der Waals surface area contributed by atoms with E-state index in [1.807, 2.05) is 13.0 Å². The third-order valence-corrected chi connectivity index (χ3v) is 15.1. The number of rotatable bonds is 12. The number of hydrogen-bond donors (Lipinski definition) is 3. The van der Waals surface area contributed by atoms with Gasteiger partial charge in [0.2, 0.25) is 34.9 Å². The summed E-state index contributed by atoms with van der Waals surface area (Å²) in [5.41, 5.74) is 4.52. The first kappa shape index (κ1) is 45.5. The molecule has 0 bridgehead atoms. The lowest BCUT2D eigenvalue weighted by Crippen LogP contribution is -2.45. The van der Waals surface area contributed by atoms with Crippen molar-refractivity contribution in [2.75, 3.05) is 10.6 Å². The van der Waals surface area contributed by atoms with E-state index in [-0.39, 0.29) is 22.9 Å². The molecule has 1 unspecified atom stereocenters. The molecule has 310 valence electrons. The first-order valence-corrected chi connectivity index (χ1v) is 22.5. The van der Waals surface area contributed by atoms with Crippen LogP contribution in [0.4, 0.5) is 22.7 Å². The predicted octanol–water partition coefficient (Wildman–Crippen LogP) is 11.7. The van der Waals surface area contributed by atoms with E-state index in [1.165, 1.54) is 0 Å². The summed E-state index contributed by atoms with van der Waals surface area (Å²) in [4.78, 5) is 6.73. The number of nitrogens with zero attached hydrogens (tertiary/aromatic N) is 8. The van der Waals surface area contributed by atoms with Crippen LogP contribution in [0, 0.1) is 35.8 Å². The van der Waals surface area contributed by atoms with Gasteiger partial charge in [-0.1, -0.05) is 56.1 Å².